The smallest absolute Gasteiger partial charge is 0.302 e. The molecule has 4 aromatic rings. The number of furan rings is 1. The van der Waals surface area contributed by atoms with E-state index in [2.05, 4.69) is 4.98 Å². The number of anilines is 1. The van der Waals surface area contributed by atoms with Gasteiger partial charge in [-0.2, -0.15) is 0 Å². The second-order valence-electron chi connectivity index (χ2n) is 7.25. The molecule has 0 bridgehead atoms. The van der Waals surface area contributed by atoms with Gasteiger partial charge in [0.05, 0.1) is 28.7 Å². The van der Waals surface area contributed by atoms with Gasteiger partial charge in [-0.15, -0.1) is 0 Å². The normalized spacial score (nSPS) is 17.8. The highest BCUT2D eigenvalue weighted by atomic mass is 32.1. The second kappa shape index (κ2) is 8.18. The molecule has 5 rings (SSSR count). The van der Waals surface area contributed by atoms with Crippen molar-refractivity contribution in [3.63, 3.8) is 0 Å². The van der Waals surface area contributed by atoms with Crippen LogP contribution in [0.3, 0.4) is 0 Å². The van der Waals surface area contributed by atoms with E-state index in [1.807, 2.05) is 6.92 Å². The number of aliphatic hydroxyl groups excluding tert-OH is 1. The summed E-state index contributed by atoms with van der Waals surface area (Å²) in [6.07, 6.45) is 1.42. The Kier molecular flexibility index (Phi) is 5.18. The monoisotopic (exact) mass is 464 g/mol. The zero-order chi connectivity index (χ0) is 23.1. The number of benzene rings is 2. The SMILES string of the molecule is CCOc1cccc(C(O)=C2C(=O)C(=O)N(c3nc4ccc(F)cc4s3)C2c2ccco2)c1. The number of ketones is 1. The number of halogens is 1. The zero-order valence-electron chi connectivity index (χ0n) is 17.3. The van der Waals surface area contributed by atoms with Crippen molar-refractivity contribution >= 4 is 44.1 Å². The number of aliphatic hydroxyl groups is 1. The highest BCUT2D eigenvalue weighted by Crippen LogP contribution is 2.44. The van der Waals surface area contributed by atoms with E-state index in [4.69, 9.17) is 9.15 Å². The Balaban J connectivity index is 1.68. The van der Waals surface area contributed by atoms with Gasteiger partial charge in [-0.05, 0) is 49.4 Å². The molecule has 166 valence electrons. The zero-order valence-corrected chi connectivity index (χ0v) is 18.1. The van der Waals surface area contributed by atoms with E-state index in [0.717, 1.165) is 11.3 Å². The first-order chi connectivity index (χ1) is 16.0. The van der Waals surface area contributed by atoms with Gasteiger partial charge in [0.25, 0.3) is 5.78 Å². The number of carbonyl (C=O) groups is 2. The molecule has 2 aromatic heterocycles. The molecule has 2 aromatic carbocycles. The standard InChI is InChI=1S/C24H17FN2O5S/c1-2-31-15-6-3-5-13(11-15)21(28)19-20(17-7-4-10-32-17)27(23(30)22(19)29)24-26-16-9-8-14(25)12-18(16)33-24/h3-12,20,28H,2H2,1H3. The van der Waals surface area contributed by atoms with Gasteiger partial charge in [0, 0.05) is 5.56 Å². The van der Waals surface area contributed by atoms with Gasteiger partial charge < -0.3 is 14.3 Å². The molecule has 0 aliphatic carbocycles. The quantitative estimate of drug-likeness (QED) is 0.252. The minimum absolute atomic E-state index is 0.131. The summed E-state index contributed by atoms with van der Waals surface area (Å²) < 4.78 is 25.2. The largest absolute Gasteiger partial charge is 0.507 e. The van der Waals surface area contributed by atoms with Crippen LogP contribution in [0.2, 0.25) is 0 Å². The van der Waals surface area contributed by atoms with Gasteiger partial charge in [-0.25, -0.2) is 9.37 Å². The van der Waals surface area contributed by atoms with Gasteiger partial charge in [-0.1, -0.05) is 23.5 Å². The van der Waals surface area contributed by atoms with Crippen LogP contribution in [0.4, 0.5) is 9.52 Å². The van der Waals surface area contributed by atoms with Gasteiger partial charge >= 0.3 is 5.91 Å². The number of amides is 1. The highest BCUT2D eigenvalue weighted by molar-refractivity contribution is 7.22. The molecule has 1 amide bonds. The average Bonchev–Trinajstić information content (AvgIpc) is 3.52. The van der Waals surface area contributed by atoms with Crippen LogP contribution < -0.4 is 9.64 Å². The number of ether oxygens (including phenoxy) is 1. The van der Waals surface area contributed by atoms with Crippen LogP contribution in [0.15, 0.2) is 70.9 Å². The van der Waals surface area contributed by atoms with E-state index in [9.17, 15) is 19.1 Å². The van der Waals surface area contributed by atoms with Crippen molar-refractivity contribution in [2.75, 3.05) is 11.5 Å². The summed E-state index contributed by atoms with van der Waals surface area (Å²) in [5.74, 6) is -1.73. The van der Waals surface area contributed by atoms with Crippen molar-refractivity contribution in [1.82, 2.24) is 4.98 Å². The van der Waals surface area contributed by atoms with Gasteiger partial charge in [0.2, 0.25) is 0 Å². The molecule has 1 unspecified atom stereocenters. The molecule has 1 aliphatic rings. The van der Waals surface area contributed by atoms with Crippen molar-refractivity contribution in [3.05, 3.63) is 83.6 Å². The van der Waals surface area contributed by atoms with Crippen LogP contribution in [-0.4, -0.2) is 28.4 Å². The van der Waals surface area contributed by atoms with E-state index in [1.54, 1.807) is 36.4 Å². The molecule has 1 fully saturated rings. The van der Waals surface area contributed by atoms with Crippen molar-refractivity contribution in [3.8, 4) is 5.75 Å². The first-order valence-corrected chi connectivity index (χ1v) is 10.9. The summed E-state index contributed by atoms with van der Waals surface area (Å²) in [6.45, 7) is 2.26. The number of aromatic nitrogens is 1. The summed E-state index contributed by atoms with van der Waals surface area (Å²) in [6, 6.07) is 12.9. The number of hydrogen-bond donors (Lipinski definition) is 1. The molecule has 33 heavy (non-hydrogen) atoms. The number of fused-ring (bicyclic) bond motifs is 1. The first kappa shape index (κ1) is 20.9. The van der Waals surface area contributed by atoms with Crippen molar-refractivity contribution < 1.29 is 28.2 Å². The van der Waals surface area contributed by atoms with Crippen molar-refractivity contribution in [1.29, 1.82) is 0 Å². The topological polar surface area (TPSA) is 92.9 Å². The first-order valence-electron chi connectivity index (χ1n) is 10.1. The van der Waals surface area contributed by atoms with Crippen molar-refractivity contribution in [2.45, 2.75) is 13.0 Å². The molecule has 3 heterocycles. The number of thiazole rings is 1. The lowest BCUT2D eigenvalue weighted by molar-refractivity contribution is -0.132. The number of carbonyl (C=O) groups excluding carboxylic acids is 2. The van der Waals surface area contributed by atoms with Crippen LogP contribution in [0.5, 0.6) is 5.75 Å². The minimum Gasteiger partial charge on any atom is -0.507 e. The maximum atomic E-state index is 13.7. The molecule has 0 radical (unpaired) electrons. The van der Waals surface area contributed by atoms with Gasteiger partial charge in [0.15, 0.2) is 5.13 Å². The van der Waals surface area contributed by atoms with Gasteiger partial charge in [-0.3, -0.25) is 14.5 Å². The van der Waals surface area contributed by atoms with Crippen LogP contribution in [0, 0.1) is 5.82 Å². The number of rotatable bonds is 5. The van der Waals surface area contributed by atoms with E-state index in [1.165, 1.54) is 29.4 Å². The third kappa shape index (κ3) is 3.56. The van der Waals surface area contributed by atoms with Crippen LogP contribution in [-0.2, 0) is 9.59 Å². The third-order valence-corrected chi connectivity index (χ3v) is 6.24. The molecule has 1 saturated heterocycles. The van der Waals surface area contributed by atoms with Gasteiger partial charge in [0.1, 0.15) is 29.1 Å². The Morgan fingerprint density at radius 2 is 2.06 bits per heavy atom. The number of Topliss-reactive ketones (excluding diaryl/α,β-unsaturated/α-hetero) is 1. The van der Waals surface area contributed by atoms with Crippen LogP contribution >= 0.6 is 11.3 Å². The predicted molar refractivity (Wildman–Crippen MR) is 121 cm³/mol. The minimum atomic E-state index is -1.04. The third-order valence-electron chi connectivity index (χ3n) is 5.22. The number of hydrogen-bond acceptors (Lipinski definition) is 7. The Morgan fingerprint density at radius 1 is 1.21 bits per heavy atom. The van der Waals surface area contributed by atoms with Crippen LogP contribution in [0.25, 0.3) is 16.0 Å². The predicted octanol–water partition coefficient (Wildman–Crippen LogP) is 5.05. The molecule has 9 heteroatoms. The average molecular weight is 464 g/mol. The summed E-state index contributed by atoms with van der Waals surface area (Å²) in [5.41, 5.74) is 0.678. The fraction of sp³-hybridized carbons (Fsp3) is 0.125. The maximum Gasteiger partial charge on any atom is 0.302 e. The Morgan fingerprint density at radius 3 is 2.82 bits per heavy atom. The van der Waals surface area contributed by atoms with Crippen LogP contribution in [0.1, 0.15) is 24.3 Å². The van der Waals surface area contributed by atoms with E-state index in [0.29, 0.717) is 28.1 Å². The molecular weight excluding hydrogens is 447 g/mol. The Hall–Kier alpha value is -3.98. The second-order valence-corrected chi connectivity index (χ2v) is 8.26. The lowest BCUT2D eigenvalue weighted by Gasteiger charge is -2.20. The fourth-order valence-electron chi connectivity index (χ4n) is 3.79. The highest BCUT2D eigenvalue weighted by Gasteiger charge is 2.49. The maximum absolute atomic E-state index is 13.7. The summed E-state index contributed by atoms with van der Waals surface area (Å²) in [5, 5.41) is 11.3. The summed E-state index contributed by atoms with van der Waals surface area (Å²) >= 11 is 1.07. The van der Waals surface area contributed by atoms with Crippen molar-refractivity contribution in [2.24, 2.45) is 0 Å². The molecule has 7 nitrogen and oxygen atoms in total. The molecule has 1 atom stereocenters. The molecular formula is C24H17FN2O5S. The summed E-state index contributed by atoms with van der Waals surface area (Å²) in [7, 11) is 0. The molecule has 1 N–H and O–H groups in total. The lowest BCUT2D eigenvalue weighted by Crippen LogP contribution is -2.29. The Bertz CT molecular complexity index is 1410. The summed E-state index contributed by atoms with van der Waals surface area (Å²) in [4.78, 5) is 31.9. The Labute approximate surface area is 191 Å². The number of nitrogens with zero attached hydrogens (tertiary/aromatic N) is 2. The fourth-order valence-corrected chi connectivity index (χ4v) is 4.81. The van der Waals surface area contributed by atoms with E-state index < -0.39 is 23.5 Å². The van der Waals surface area contributed by atoms with E-state index >= 15 is 0 Å². The molecule has 0 saturated carbocycles. The van der Waals surface area contributed by atoms with E-state index in [-0.39, 0.29) is 22.2 Å². The molecule has 0 spiro atoms. The lowest BCUT2D eigenvalue weighted by atomic mass is 9.99. The molecule has 1 aliphatic heterocycles.